The molecular weight excluding hydrogens is 230 g/mol. The van der Waals surface area contributed by atoms with Crippen LogP contribution in [0.5, 0.6) is 0 Å². The van der Waals surface area contributed by atoms with E-state index in [1.165, 1.54) is 18.5 Å². The van der Waals surface area contributed by atoms with Crippen LogP contribution in [0.25, 0.3) is 0 Å². The van der Waals surface area contributed by atoms with Gasteiger partial charge in [-0.25, -0.2) is 4.98 Å². The van der Waals surface area contributed by atoms with Crippen molar-refractivity contribution in [3.63, 3.8) is 0 Å². The largest absolute Gasteiger partial charge is 0.481 e. The standard InChI is InChI=1S/C13H21N3O2/c1-2-6-16-10-14-8-12(16)9-15(11-3-4-11)7-5-13(17)18/h8,10-11H,2-7,9H2,1H3,(H,17,18). The van der Waals surface area contributed by atoms with Crippen LogP contribution in [-0.4, -0.2) is 38.1 Å². The maximum Gasteiger partial charge on any atom is 0.304 e. The van der Waals surface area contributed by atoms with Crippen molar-refractivity contribution >= 4 is 5.97 Å². The highest BCUT2D eigenvalue weighted by atomic mass is 16.4. The van der Waals surface area contributed by atoms with Crippen molar-refractivity contribution in [2.45, 2.75) is 51.7 Å². The smallest absolute Gasteiger partial charge is 0.304 e. The van der Waals surface area contributed by atoms with Crippen LogP contribution in [0.3, 0.4) is 0 Å². The minimum atomic E-state index is -0.720. The fourth-order valence-corrected chi connectivity index (χ4v) is 2.20. The molecule has 100 valence electrons. The van der Waals surface area contributed by atoms with Crippen LogP contribution >= 0.6 is 0 Å². The van der Waals surface area contributed by atoms with Crippen LogP contribution in [-0.2, 0) is 17.9 Å². The molecule has 0 radical (unpaired) electrons. The molecule has 0 aliphatic heterocycles. The van der Waals surface area contributed by atoms with Crippen LogP contribution in [0.4, 0.5) is 0 Å². The summed E-state index contributed by atoms with van der Waals surface area (Å²) in [5.41, 5.74) is 1.19. The van der Waals surface area contributed by atoms with Gasteiger partial charge in [-0.1, -0.05) is 6.92 Å². The van der Waals surface area contributed by atoms with Crippen molar-refractivity contribution in [3.8, 4) is 0 Å². The van der Waals surface area contributed by atoms with Gasteiger partial charge < -0.3 is 9.67 Å². The van der Waals surface area contributed by atoms with Gasteiger partial charge in [0.2, 0.25) is 0 Å². The molecule has 0 spiro atoms. The summed E-state index contributed by atoms with van der Waals surface area (Å²) in [7, 11) is 0. The SMILES string of the molecule is CCCn1cncc1CN(CCC(=O)O)C1CC1. The Balaban J connectivity index is 1.94. The highest BCUT2D eigenvalue weighted by molar-refractivity contribution is 5.66. The van der Waals surface area contributed by atoms with Gasteiger partial charge in [0.05, 0.1) is 18.4 Å². The van der Waals surface area contributed by atoms with Crippen molar-refractivity contribution in [3.05, 3.63) is 18.2 Å². The predicted octanol–water partition coefficient (Wildman–Crippen LogP) is 1.73. The average molecular weight is 251 g/mol. The Morgan fingerprint density at radius 1 is 1.61 bits per heavy atom. The van der Waals surface area contributed by atoms with Gasteiger partial charge in [-0.05, 0) is 19.3 Å². The number of imidazole rings is 1. The topological polar surface area (TPSA) is 58.4 Å². The van der Waals surface area contributed by atoms with Gasteiger partial charge in [0.1, 0.15) is 0 Å². The lowest BCUT2D eigenvalue weighted by Gasteiger charge is -2.21. The molecule has 18 heavy (non-hydrogen) atoms. The summed E-state index contributed by atoms with van der Waals surface area (Å²) in [5.74, 6) is -0.720. The van der Waals surface area contributed by atoms with E-state index in [-0.39, 0.29) is 6.42 Å². The summed E-state index contributed by atoms with van der Waals surface area (Å²) in [6, 6.07) is 0.578. The number of aromatic nitrogens is 2. The summed E-state index contributed by atoms with van der Waals surface area (Å²) in [4.78, 5) is 17.1. The molecule has 1 aliphatic carbocycles. The summed E-state index contributed by atoms with van der Waals surface area (Å²) >= 11 is 0. The molecule has 1 fully saturated rings. The molecule has 1 aromatic heterocycles. The number of carbonyl (C=O) groups is 1. The maximum absolute atomic E-state index is 10.7. The second-order valence-electron chi connectivity index (χ2n) is 4.92. The van der Waals surface area contributed by atoms with Crippen LogP contribution < -0.4 is 0 Å². The van der Waals surface area contributed by atoms with Crippen molar-refractivity contribution in [1.82, 2.24) is 14.5 Å². The molecule has 0 bridgehead atoms. The van der Waals surface area contributed by atoms with E-state index in [1.54, 1.807) is 0 Å². The quantitative estimate of drug-likeness (QED) is 0.764. The van der Waals surface area contributed by atoms with Gasteiger partial charge in [0, 0.05) is 31.9 Å². The number of nitrogens with zero attached hydrogens (tertiary/aromatic N) is 3. The van der Waals surface area contributed by atoms with E-state index in [4.69, 9.17) is 5.11 Å². The van der Waals surface area contributed by atoms with Crippen LogP contribution in [0.15, 0.2) is 12.5 Å². The van der Waals surface area contributed by atoms with Crippen LogP contribution in [0.1, 0.15) is 38.3 Å². The summed E-state index contributed by atoms with van der Waals surface area (Å²) in [6.07, 6.45) is 7.45. The first kappa shape index (κ1) is 13.1. The maximum atomic E-state index is 10.7. The van der Waals surface area contributed by atoms with E-state index in [0.717, 1.165) is 19.5 Å². The highest BCUT2D eigenvalue weighted by Crippen LogP contribution is 2.28. The lowest BCUT2D eigenvalue weighted by molar-refractivity contribution is -0.137. The number of rotatable bonds is 8. The van der Waals surface area contributed by atoms with E-state index in [1.807, 2.05) is 12.5 Å². The molecule has 0 amide bonds. The summed E-state index contributed by atoms with van der Waals surface area (Å²) in [5, 5.41) is 8.79. The fraction of sp³-hybridized carbons (Fsp3) is 0.692. The molecule has 1 N–H and O–H groups in total. The number of carboxylic acids is 1. The Bertz CT molecular complexity index is 399. The van der Waals surface area contributed by atoms with Crippen molar-refractivity contribution in [1.29, 1.82) is 0 Å². The lowest BCUT2D eigenvalue weighted by Crippen LogP contribution is -2.29. The molecule has 5 heteroatoms. The van der Waals surface area contributed by atoms with Gasteiger partial charge in [-0.3, -0.25) is 9.69 Å². The minimum Gasteiger partial charge on any atom is -0.481 e. The molecule has 2 rings (SSSR count). The Morgan fingerprint density at radius 3 is 3.00 bits per heavy atom. The van der Waals surface area contributed by atoms with Gasteiger partial charge in [-0.2, -0.15) is 0 Å². The summed E-state index contributed by atoms with van der Waals surface area (Å²) < 4.78 is 2.16. The number of aryl methyl sites for hydroxylation is 1. The van der Waals surface area contributed by atoms with E-state index >= 15 is 0 Å². The second-order valence-corrected chi connectivity index (χ2v) is 4.92. The fourth-order valence-electron chi connectivity index (χ4n) is 2.20. The van der Waals surface area contributed by atoms with Crippen molar-refractivity contribution in [2.75, 3.05) is 6.54 Å². The third-order valence-corrected chi connectivity index (χ3v) is 3.30. The molecule has 5 nitrogen and oxygen atoms in total. The molecule has 1 aromatic rings. The molecule has 0 unspecified atom stereocenters. The van der Waals surface area contributed by atoms with Gasteiger partial charge in [-0.15, -0.1) is 0 Å². The number of carboxylic acid groups (broad SMARTS) is 1. The van der Waals surface area contributed by atoms with Crippen LogP contribution in [0, 0.1) is 0 Å². The number of hydrogen-bond acceptors (Lipinski definition) is 3. The Kier molecular flexibility index (Phi) is 4.36. The molecule has 1 saturated carbocycles. The van der Waals surface area contributed by atoms with E-state index < -0.39 is 5.97 Å². The van der Waals surface area contributed by atoms with Crippen molar-refractivity contribution in [2.24, 2.45) is 0 Å². The Labute approximate surface area is 107 Å². The molecule has 1 aliphatic rings. The predicted molar refractivity (Wildman–Crippen MR) is 68.2 cm³/mol. The first-order chi connectivity index (χ1) is 8.70. The zero-order valence-electron chi connectivity index (χ0n) is 10.9. The van der Waals surface area contributed by atoms with E-state index in [9.17, 15) is 4.79 Å². The normalized spacial score (nSPS) is 15.2. The molecule has 0 aromatic carbocycles. The zero-order valence-corrected chi connectivity index (χ0v) is 10.9. The third kappa shape index (κ3) is 3.57. The molecular formula is C13H21N3O2. The second kappa shape index (κ2) is 6.00. The van der Waals surface area contributed by atoms with E-state index in [2.05, 4.69) is 21.4 Å². The van der Waals surface area contributed by atoms with Crippen molar-refractivity contribution < 1.29 is 9.90 Å². The first-order valence-corrected chi connectivity index (χ1v) is 6.65. The zero-order chi connectivity index (χ0) is 13.0. The van der Waals surface area contributed by atoms with E-state index in [0.29, 0.717) is 12.6 Å². The molecule has 0 saturated heterocycles. The minimum absolute atomic E-state index is 0.221. The highest BCUT2D eigenvalue weighted by Gasteiger charge is 2.29. The van der Waals surface area contributed by atoms with Gasteiger partial charge >= 0.3 is 5.97 Å². The van der Waals surface area contributed by atoms with Gasteiger partial charge in [0.25, 0.3) is 0 Å². The van der Waals surface area contributed by atoms with Crippen LogP contribution in [0.2, 0.25) is 0 Å². The third-order valence-electron chi connectivity index (χ3n) is 3.30. The number of aliphatic carboxylic acids is 1. The van der Waals surface area contributed by atoms with Gasteiger partial charge in [0.15, 0.2) is 0 Å². The average Bonchev–Trinajstić information content (AvgIpc) is 3.08. The molecule has 1 heterocycles. The monoisotopic (exact) mass is 251 g/mol. The summed E-state index contributed by atoms with van der Waals surface area (Å²) in [6.45, 7) is 4.58. The Hall–Kier alpha value is -1.36. The Morgan fingerprint density at radius 2 is 2.39 bits per heavy atom. The molecule has 0 atom stereocenters. The number of hydrogen-bond donors (Lipinski definition) is 1. The lowest BCUT2D eigenvalue weighted by atomic mass is 10.3. The first-order valence-electron chi connectivity index (χ1n) is 6.65.